The van der Waals surface area contributed by atoms with Gasteiger partial charge < -0.3 is 9.47 Å². The minimum atomic E-state index is -1.37. The van der Waals surface area contributed by atoms with E-state index >= 15 is 0 Å². The van der Waals surface area contributed by atoms with Gasteiger partial charge in [-0.05, 0) is 105 Å². The molecule has 12 nitrogen and oxygen atoms in total. The average Bonchev–Trinajstić information content (AvgIpc) is 3.19. The molecule has 0 spiro atoms. The lowest BCUT2D eigenvalue weighted by Gasteiger charge is -2.45. The van der Waals surface area contributed by atoms with Crippen LogP contribution in [0.5, 0.6) is 0 Å². The number of nitrogens with zero attached hydrogens (tertiary/aromatic N) is 4. The number of carbonyl (C=O) groups excluding carboxylic acids is 2. The quantitative estimate of drug-likeness (QED) is 0.0650. The number of nitro groups is 2. The van der Waals surface area contributed by atoms with E-state index in [1.54, 1.807) is 30.3 Å². The summed E-state index contributed by atoms with van der Waals surface area (Å²) >= 11 is 11.9. The Morgan fingerprint density at radius 2 is 1.20 bits per heavy atom. The number of halogens is 7. The van der Waals surface area contributed by atoms with Crippen molar-refractivity contribution in [3.63, 3.8) is 0 Å². The summed E-state index contributed by atoms with van der Waals surface area (Å²) in [5.74, 6) is -2.68. The summed E-state index contributed by atoms with van der Waals surface area (Å²) in [5.41, 5.74) is -0.320. The lowest BCUT2D eigenvalue weighted by Crippen LogP contribution is -2.48. The zero-order chi connectivity index (χ0) is 44.3. The van der Waals surface area contributed by atoms with Crippen LogP contribution in [-0.2, 0) is 24.5 Å². The van der Waals surface area contributed by atoms with Crippen molar-refractivity contribution in [3.05, 3.63) is 159 Å². The van der Waals surface area contributed by atoms with Crippen LogP contribution in [0.2, 0.25) is 5.02 Å². The highest BCUT2D eigenvalue weighted by Gasteiger charge is 2.57. The third kappa shape index (κ3) is 9.06. The number of aromatic nitrogens is 2. The first-order chi connectivity index (χ1) is 29.0. The van der Waals surface area contributed by atoms with Gasteiger partial charge in [-0.3, -0.25) is 29.8 Å². The van der Waals surface area contributed by atoms with Gasteiger partial charge in [-0.25, -0.2) is 27.5 Å². The number of fused-ring (bicyclic) bond motifs is 2. The van der Waals surface area contributed by atoms with Crippen LogP contribution in [0, 0.1) is 49.4 Å². The van der Waals surface area contributed by atoms with E-state index in [9.17, 15) is 47.4 Å². The van der Waals surface area contributed by atoms with Gasteiger partial charge in [-0.1, -0.05) is 48.0 Å². The van der Waals surface area contributed by atoms with E-state index in [1.807, 2.05) is 6.07 Å². The van der Waals surface area contributed by atoms with Crippen LogP contribution in [0.15, 0.2) is 94.1 Å². The Labute approximate surface area is 365 Å². The molecule has 4 aromatic carbocycles. The van der Waals surface area contributed by atoms with Crippen molar-refractivity contribution < 1.29 is 46.5 Å². The molecule has 316 valence electrons. The van der Waals surface area contributed by atoms with E-state index in [2.05, 4.69) is 46.6 Å². The van der Waals surface area contributed by atoms with Gasteiger partial charge in [0.2, 0.25) is 0 Å². The molecule has 2 aromatic heterocycles. The lowest BCUT2D eigenvalue weighted by molar-refractivity contribution is -0.386. The van der Waals surface area contributed by atoms with Crippen LogP contribution in [0.1, 0.15) is 54.2 Å². The molecule has 0 atom stereocenters. The fourth-order valence-corrected chi connectivity index (χ4v) is 8.56. The molecule has 19 heteroatoms. The highest BCUT2D eigenvalue weighted by Crippen LogP contribution is 2.57. The van der Waals surface area contributed by atoms with Gasteiger partial charge >= 0.3 is 17.6 Å². The number of hydrogen-bond donors (Lipinski definition) is 0. The normalized spacial score (nSPS) is 18.9. The first-order valence-electron chi connectivity index (χ1n) is 18.2. The fourth-order valence-electron chi connectivity index (χ4n) is 7.60. The number of rotatable bonds is 7. The summed E-state index contributed by atoms with van der Waals surface area (Å²) in [6.07, 6.45) is 3.68. The fraction of sp³-hybridized carbons (Fsp3) is 0.238. The van der Waals surface area contributed by atoms with Gasteiger partial charge in [0.05, 0.1) is 55.5 Å². The molecule has 2 saturated carbocycles. The molecule has 0 radical (unpaired) electrons. The summed E-state index contributed by atoms with van der Waals surface area (Å²) in [6, 6.07) is 18.0. The van der Waals surface area contributed by atoms with Gasteiger partial charge in [0, 0.05) is 22.9 Å². The van der Waals surface area contributed by atoms with Gasteiger partial charge in [0.15, 0.2) is 0 Å². The van der Waals surface area contributed by atoms with Crippen molar-refractivity contribution in [1.29, 1.82) is 0 Å². The summed E-state index contributed by atoms with van der Waals surface area (Å²) < 4.78 is 64.7. The number of ether oxygens (including phenoxy) is 2. The van der Waals surface area contributed by atoms with Crippen LogP contribution < -0.4 is 0 Å². The molecular weight excluding hydrogens is 960 g/mol. The molecule has 61 heavy (non-hydrogen) atoms. The van der Waals surface area contributed by atoms with Gasteiger partial charge in [0.25, 0.3) is 5.69 Å². The van der Waals surface area contributed by atoms with Crippen LogP contribution in [0.3, 0.4) is 0 Å². The Kier molecular flexibility index (Phi) is 13.7. The molecule has 0 saturated heterocycles. The number of benzene rings is 4. The van der Waals surface area contributed by atoms with E-state index in [0.29, 0.717) is 23.8 Å². The standard InChI is InChI=1S/C21H15BrF2N2O4.C12H13FO2.C9H3BrClFN2O2/c1-30-20(27)21(8-11(9-21)12-4-2-3-5-15(12)23)19-13-6-14(22)16(24)7-17(13)25-10-18(19)26(28)29;1-15-12(14)9-6-8(7-9)10-4-2-3-5-11(10)13;10-5-1-4-7(2-6(5)12)13-3-8(9(4)11)14(15)16/h2-7,10-11H,8-9H2,1H3;2-5,8-9H,6-7H2,1H3;1-3H. The Morgan fingerprint density at radius 1 is 0.721 bits per heavy atom. The summed E-state index contributed by atoms with van der Waals surface area (Å²) in [6.45, 7) is 0. The molecule has 2 heterocycles. The van der Waals surface area contributed by atoms with E-state index in [0.717, 1.165) is 30.1 Å². The number of hydrogen-bond acceptors (Lipinski definition) is 10. The summed E-state index contributed by atoms with van der Waals surface area (Å²) in [7, 11) is 2.59. The molecule has 2 fully saturated rings. The zero-order valence-corrected chi connectivity index (χ0v) is 35.8. The topological polar surface area (TPSA) is 165 Å². The number of esters is 2. The number of pyridine rings is 2. The van der Waals surface area contributed by atoms with Gasteiger partial charge in [0.1, 0.15) is 46.1 Å². The molecule has 0 amide bonds. The highest BCUT2D eigenvalue weighted by molar-refractivity contribution is 9.10. The highest BCUT2D eigenvalue weighted by atomic mass is 79.9. The summed E-state index contributed by atoms with van der Waals surface area (Å²) in [5, 5.41) is 23.0. The largest absolute Gasteiger partial charge is 0.469 e. The average molecular weight is 991 g/mol. The van der Waals surface area contributed by atoms with Crippen LogP contribution in [-0.4, -0.2) is 46.0 Å². The first-order valence-corrected chi connectivity index (χ1v) is 20.1. The van der Waals surface area contributed by atoms with Crippen molar-refractivity contribution in [2.24, 2.45) is 5.92 Å². The predicted molar refractivity (Wildman–Crippen MR) is 223 cm³/mol. The Morgan fingerprint density at radius 3 is 1.69 bits per heavy atom. The minimum absolute atomic E-state index is 0.0420. The molecule has 2 aliphatic carbocycles. The Balaban J connectivity index is 0.000000169. The Bertz CT molecular complexity index is 2720. The van der Waals surface area contributed by atoms with Crippen LogP contribution in [0.25, 0.3) is 21.8 Å². The maximum atomic E-state index is 14.3. The molecule has 0 aliphatic heterocycles. The van der Waals surface area contributed by atoms with Crippen molar-refractivity contribution in [1.82, 2.24) is 9.97 Å². The molecule has 6 aromatic rings. The van der Waals surface area contributed by atoms with Crippen molar-refractivity contribution >= 4 is 88.6 Å². The summed E-state index contributed by atoms with van der Waals surface area (Å²) in [4.78, 5) is 53.0. The van der Waals surface area contributed by atoms with Crippen molar-refractivity contribution in [2.75, 3.05) is 14.2 Å². The second-order valence-corrected chi connectivity index (χ2v) is 16.3. The number of carbonyl (C=O) groups is 2. The number of methoxy groups -OCH3 is 2. The molecule has 8 rings (SSSR count). The molecule has 0 N–H and O–H groups in total. The van der Waals surface area contributed by atoms with E-state index in [4.69, 9.17) is 16.3 Å². The third-order valence-corrected chi connectivity index (χ3v) is 12.3. The van der Waals surface area contributed by atoms with Gasteiger partial charge in [-0.15, -0.1) is 0 Å². The van der Waals surface area contributed by atoms with Crippen LogP contribution >= 0.6 is 43.5 Å². The second-order valence-electron chi connectivity index (χ2n) is 14.2. The minimum Gasteiger partial charge on any atom is -0.469 e. The van der Waals surface area contributed by atoms with E-state index in [1.165, 1.54) is 38.5 Å². The van der Waals surface area contributed by atoms with Gasteiger partial charge in [-0.2, -0.15) is 0 Å². The molecule has 0 unspecified atom stereocenters. The van der Waals surface area contributed by atoms with E-state index in [-0.39, 0.29) is 89.7 Å². The zero-order valence-electron chi connectivity index (χ0n) is 31.8. The third-order valence-electron chi connectivity index (χ3n) is 10.7. The van der Waals surface area contributed by atoms with Crippen molar-refractivity contribution in [3.8, 4) is 0 Å². The lowest BCUT2D eigenvalue weighted by atomic mass is 9.56. The second kappa shape index (κ2) is 18.6. The predicted octanol–water partition coefficient (Wildman–Crippen LogP) is 11.4. The molecule has 2 aliphatic rings. The SMILES string of the molecule is COC(=O)C1(c2c([N+](=O)[O-])cnc3cc(F)c(Br)cc23)CC(c2ccccc2F)C1.COC(=O)C1CC(c2ccccc2F)C1.O=[N+]([O-])c1cnc2cc(F)c(Br)cc2c1Cl. The monoisotopic (exact) mass is 988 g/mol. The van der Waals surface area contributed by atoms with Crippen molar-refractivity contribution in [2.45, 2.75) is 42.9 Å². The molecule has 0 bridgehead atoms. The van der Waals surface area contributed by atoms with E-state index < -0.39 is 38.7 Å². The maximum absolute atomic E-state index is 14.3. The smallest absolute Gasteiger partial charge is 0.316 e. The van der Waals surface area contributed by atoms with Crippen LogP contribution in [0.4, 0.5) is 28.9 Å². The first kappa shape index (κ1) is 44.9. The Hall–Kier alpha value is -5.59. The maximum Gasteiger partial charge on any atom is 0.316 e. The molecular formula is C42H31Br2ClF4N4O8.